The number of fused-ring (bicyclic) bond motifs is 3. The Balaban J connectivity index is 1.24. The number of benzene rings is 4. The third-order valence-electron chi connectivity index (χ3n) is 9.61. The van der Waals surface area contributed by atoms with Crippen molar-refractivity contribution in [3.8, 4) is 0 Å². The van der Waals surface area contributed by atoms with Gasteiger partial charge in [-0.05, 0) is 78.4 Å². The van der Waals surface area contributed by atoms with Gasteiger partial charge in [-0.1, -0.05) is 67.6 Å². The van der Waals surface area contributed by atoms with Crippen LogP contribution in [0.2, 0.25) is 0 Å². The van der Waals surface area contributed by atoms with Crippen LogP contribution in [0, 0.1) is 5.92 Å². The van der Waals surface area contributed by atoms with E-state index in [-0.39, 0.29) is 25.0 Å². The molecular weight excluding hydrogens is 590 g/mol. The molecule has 3 amide bonds. The van der Waals surface area contributed by atoms with Crippen LogP contribution in [0.5, 0.6) is 0 Å². The van der Waals surface area contributed by atoms with Gasteiger partial charge < -0.3 is 15.1 Å². The fraction of sp³-hybridized carbons (Fsp3) is 0.256. The predicted molar refractivity (Wildman–Crippen MR) is 182 cm³/mol. The van der Waals surface area contributed by atoms with Gasteiger partial charge >= 0.3 is 0 Å². The summed E-state index contributed by atoms with van der Waals surface area (Å²) in [6, 6.07) is 28.7. The van der Waals surface area contributed by atoms with Crippen molar-refractivity contribution in [3.63, 3.8) is 0 Å². The highest BCUT2D eigenvalue weighted by atomic mass is 16.3. The number of hydrogen-bond acceptors (Lipinski definition) is 5. The minimum absolute atomic E-state index is 0.0382. The Bertz CT molecular complexity index is 1900. The maximum absolute atomic E-state index is 14.3. The van der Waals surface area contributed by atoms with E-state index >= 15 is 0 Å². The van der Waals surface area contributed by atoms with Crippen LogP contribution >= 0.6 is 0 Å². The van der Waals surface area contributed by atoms with Crippen molar-refractivity contribution in [2.45, 2.75) is 51.2 Å². The summed E-state index contributed by atoms with van der Waals surface area (Å²) in [5.41, 5.74) is 5.20. The third kappa shape index (κ3) is 5.23. The molecule has 8 heteroatoms. The monoisotopic (exact) mass is 627 g/mol. The first-order valence-corrected chi connectivity index (χ1v) is 16.2. The van der Waals surface area contributed by atoms with Crippen molar-refractivity contribution in [1.82, 2.24) is 0 Å². The molecule has 0 saturated heterocycles. The molecule has 0 spiro atoms. The predicted octanol–water partition coefficient (Wildman–Crippen LogP) is 6.22. The molecular formula is C39H37N3O5. The second-order valence-corrected chi connectivity index (χ2v) is 12.5. The molecule has 238 valence electrons. The molecule has 0 unspecified atom stereocenters. The van der Waals surface area contributed by atoms with E-state index in [1.165, 1.54) is 0 Å². The molecule has 3 heterocycles. The molecule has 0 aliphatic carbocycles. The second-order valence-electron chi connectivity index (χ2n) is 12.5. The summed E-state index contributed by atoms with van der Waals surface area (Å²) in [4.78, 5) is 45.5. The van der Waals surface area contributed by atoms with Crippen LogP contribution in [-0.4, -0.2) is 34.5 Å². The van der Waals surface area contributed by atoms with E-state index in [2.05, 4.69) is 0 Å². The molecule has 0 bridgehead atoms. The summed E-state index contributed by atoms with van der Waals surface area (Å²) < 4.78 is 0. The molecule has 3 aliphatic heterocycles. The molecule has 0 fully saturated rings. The quantitative estimate of drug-likeness (QED) is 0.226. The zero-order valence-electron chi connectivity index (χ0n) is 26.3. The lowest BCUT2D eigenvalue weighted by molar-refractivity contribution is -0.139. The van der Waals surface area contributed by atoms with Crippen LogP contribution < -0.4 is 14.7 Å². The number of hydrogen-bond donors (Lipinski definition) is 2. The highest BCUT2D eigenvalue weighted by molar-refractivity contribution is 6.09. The molecule has 3 aliphatic rings. The van der Waals surface area contributed by atoms with Gasteiger partial charge in [0.1, 0.15) is 0 Å². The van der Waals surface area contributed by atoms with Crippen molar-refractivity contribution >= 4 is 46.2 Å². The summed E-state index contributed by atoms with van der Waals surface area (Å²) in [7, 11) is 0. The normalized spacial score (nSPS) is 19.6. The fourth-order valence-corrected chi connectivity index (χ4v) is 7.10. The van der Waals surface area contributed by atoms with E-state index in [0.717, 1.165) is 40.2 Å². The van der Waals surface area contributed by atoms with Gasteiger partial charge in [-0.25, -0.2) is 0 Å². The van der Waals surface area contributed by atoms with Gasteiger partial charge in [0.05, 0.1) is 23.6 Å². The topological polar surface area (TPSA) is 101 Å². The smallest absolute Gasteiger partial charge is 0.264 e. The van der Waals surface area contributed by atoms with E-state index in [0.29, 0.717) is 42.6 Å². The summed E-state index contributed by atoms with van der Waals surface area (Å²) >= 11 is 0. The Labute approximate surface area is 274 Å². The molecule has 4 aromatic rings. The summed E-state index contributed by atoms with van der Waals surface area (Å²) in [6.45, 7) is 1.95. The minimum atomic E-state index is -1.89. The van der Waals surface area contributed by atoms with Gasteiger partial charge in [-0.3, -0.25) is 24.2 Å². The fourth-order valence-electron chi connectivity index (χ4n) is 7.10. The SMILES string of the molecule is C[C@@H](/C=C/CCO)[C@]1(O)C(=O)N(Cc2ccc(N3C(=O)CCc4ccccc43)cc2)c2ccc(N3C(=O)CCc4ccccc43)cc21. The standard InChI is InChI=1S/C39H37N3O5/c1-26(8-6-7-23-43)39(47)32-24-31(42-34-12-5-3-10-29(34)16-22-37(42)45)19-20-35(32)40(38(39)46)25-27-13-17-30(18-14-27)41-33-11-4-2-9-28(33)15-21-36(41)44/h2-6,8-14,17-20,24,26,43,47H,7,15-16,21-23,25H2,1H3/b8-6+/t26-,39+/m0/s1. The van der Waals surface area contributed by atoms with Crippen LogP contribution in [0.25, 0.3) is 0 Å². The summed E-state index contributed by atoms with van der Waals surface area (Å²) in [5.74, 6) is -1.07. The number of rotatable bonds is 8. The van der Waals surface area contributed by atoms with E-state index in [1.54, 1.807) is 39.8 Å². The van der Waals surface area contributed by atoms with Crippen LogP contribution in [0.3, 0.4) is 0 Å². The summed E-state index contributed by atoms with van der Waals surface area (Å²) in [5, 5.41) is 21.6. The highest BCUT2D eigenvalue weighted by Crippen LogP contribution is 2.48. The zero-order chi connectivity index (χ0) is 32.7. The van der Waals surface area contributed by atoms with Crippen LogP contribution in [-0.2, 0) is 39.4 Å². The Morgan fingerprint density at radius 1 is 0.745 bits per heavy atom. The molecule has 7 rings (SSSR count). The molecule has 47 heavy (non-hydrogen) atoms. The van der Waals surface area contributed by atoms with Crippen molar-refractivity contribution < 1.29 is 24.6 Å². The number of para-hydroxylation sites is 2. The van der Waals surface area contributed by atoms with E-state index in [9.17, 15) is 24.6 Å². The van der Waals surface area contributed by atoms with E-state index < -0.39 is 17.4 Å². The largest absolute Gasteiger partial charge is 0.396 e. The number of carbonyl (C=O) groups is 3. The Kier molecular flexibility index (Phi) is 7.99. The maximum Gasteiger partial charge on any atom is 0.264 e. The molecule has 2 atom stereocenters. The van der Waals surface area contributed by atoms with Crippen molar-refractivity contribution in [1.29, 1.82) is 0 Å². The molecule has 0 radical (unpaired) electrons. The van der Waals surface area contributed by atoms with Crippen LogP contribution in [0.15, 0.2) is 103 Å². The second kappa shape index (κ2) is 12.3. The van der Waals surface area contributed by atoms with Gasteiger partial charge in [0.25, 0.3) is 5.91 Å². The number of anilines is 5. The first kappa shape index (κ1) is 30.6. The van der Waals surface area contributed by atoms with Crippen molar-refractivity contribution in [3.05, 3.63) is 125 Å². The lowest BCUT2D eigenvalue weighted by Gasteiger charge is -2.31. The molecule has 0 saturated carbocycles. The van der Waals surface area contributed by atoms with Gasteiger partial charge in [0.15, 0.2) is 5.60 Å². The summed E-state index contributed by atoms with van der Waals surface area (Å²) in [6.07, 6.45) is 6.13. The molecule has 4 aromatic carbocycles. The van der Waals surface area contributed by atoms with Crippen LogP contribution in [0.1, 0.15) is 48.4 Å². The maximum atomic E-state index is 14.3. The number of aliphatic hydroxyl groups is 2. The average Bonchev–Trinajstić information content (AvgIpc) is 3.30. The Hall–Kier alpha value is -5.05. The van der Waals surface area contributed by atoms with Gasteiger partial charge in [0.2, 0.25) is 11.8 Å². The molecule has 2 N–H and O–H groups in total. The first-order valence-electron chi connectivity index (χ1n) is 16.2. The Morgan fingerprint density at radius 2 is 1.32 bits per heavy atom. The Morgan fingerprint density at radius 3 is 1.94 bits per heavy atom. The number of nitrogens with zero attached hydrogens (tertiary/aromatic N) is 3. The highest BCUT2D eigenvalue weighted by Gasteiger charge is 2.53. The number of aliphatic hydroxyl groups excluding tert-OH is 1. The first-order chi connectivity index (χ1) is 22.8. The van der Waals surface area contributed by atoms with Crippen molar-refractivity contribution in [2.24, 2.45) is 5.92 Å². The number of amides is 3. The molecule has 8 nitrogen and oxygen atoms in total. The lowest BCUT2D eigenvalue weighted by Crippen LogP contribution is -2.44. The zero-order valence-corrected chi connectivity index (χ0v) is 26.3. The minimum Gasteiger partial charge on any atom is -0.396 e. The third-order valence-corrected chi connectivity index (χ3v) is 9.61. The van der Waals surface area contributed by atoms with Gasteiger partial charge in [0, 0.05) is 42.3 Å². The van der Waals surface area contributed by atoms with Crippen LogP contribution in [0.4, 0.5) is 28.4 Å². The number of aryl methyl sites for hydroxylation is 2. The number of carbonyl (C=O) groups excluding carboxylic acids is 3. The molecule has 0 aromatic heterocycles. The average molecular weight is 628 g/mol. The van der Waals surface area contributed by atoms with Gasteiger partial charge in [-0.15, -0.1) is 0 Å². The van der Waals surface area contributed by atoms with Gasteiger partial charge in [-0.2, -0.15) is 0 Å². The van der Waals surface area contributed by atoms with E-state index in [1.807, 2.05) is 84.9 Å². The van der Waals surface area contributed by atoms with E-state index in [4.69, 9.17) is 0 Å². The lowest BCUT2D eigenvalue weighted by atomic mass is 9.82. The van der Waals surface area contributed by atoms with Crippen molar-refractivity contribution in [2.75, 3.05) is 21.3 Å².